The molecule has 4 heteroatoms. The molecule has 0 unspecified atom stereocenters. The van der Waals surface area contributed by atoms with Crippen molar-refractivity contribution in [3.63, 3.8) is 0 Å². The van der Waals surface area contributed by atoms with Crippen molar-refractivity contribution in [2.24, 2.45) is 11.7 Å². The SMILES string of the molecule is C[C@H]1CNCC[C@@H]1N.Cl.Cl. The van der Waals surface area contributed by atoms with Crippen LogP contribution in [0.3, 0.4) is 0 Å². The van der Waals surface area contributed by atoms with E-state index in [0.29, 0.717) is 12.0 Å². The summed E-state index contributed by atoms with van der Waals surface area (Å²) in [6, 6.07) is 0.441. The summed E-state index contributed by atoms with van der Waals surface area (Å²) < 4.78 is 0. The molecule has 1 saturated heterocycles. The van der Waals surface area contributed by atoms with E-state index in [-0.39, 0.29) is 24.8 Å². The molecular weight excluding hydrogens is 171 g/mol. The van der Waals surface area contributed by atoms with Gasteiger partial charge in [-0.15, -0.1) is 24.8 Å². The largest absolute Gasteiger partial charge is 0.327 e. The lowest BCUT2D eigenvalue weighted by atomic mass is 9.97. The summed E-state index contributed by atoms with van der Waals surface area (Å²) in [5, 5.41) is 3.28. The average Bonchev–Trinajstić information content (AvgIpc) is 1.77. The van der Waals surface area contributed by atoms with Gasteiger partial charge in [-0.1, -0.05) is 6.92 Å². The molecule has 0 amide bonds. The number of nitrogens with one attached hydrogen (secondary N) is 1. The second-order valence-corrected chi connectivity index (χ2v) is 2.63. The molecule has 0 saturated carbocycles. The zero-order chi connectivity index (χ0) is 5.98. The van der Waals surface area contributed by atoms with E-state index in [2.05, 4.69) is 12.2 Å². The van der Waals surface area contributed by atoms with Gasteiger partial charge in [0.05, 0.1) is 0 Å². The molecule has 1 heterocycles. The Morgan fingerprint density at radius 2 is 2.00 bits per heavy atom. The van der Waals surface area contributed by atoms with Gasteiger partial charge in [0.2, 0.25) is 0 Å². The molecule has 1 fully saturated rings. The Hall–Kier alpha value is 0.500. The highest BCUT2D eigenvalue weighted by Crippen LogP contribution is 2.06. The van der Waals surface area contributed by atoms with E-state index >= 15 is 0 Å². The van der Waals surface area contributed by atoms with E-state index in [1.54, 1.807) is 0 Å². The smallest absolute Gasteiger partial charge is 0.00887 e. The molecule has 0 bridgehead atoms. The number of hydrogen-bond acceptors (Lipinski definition) is 2. The zero-order valence-electron chi connectivity index (χ0n) is 6.17. The van der Waals surface area contributed by atoms with Crippen LogP contribution in [-0.4, -0.2) is 19.1 Å². The Kier molecular flexibility index (Phi) is 8.17. The summed E-state index contributed by atoms with van der Waals surface area (Å²) in [6.07, 6.45) is 1.14. The summed E-state index contributed by atoms with van der Waals surface area (Å²) in [5.41, 5.74) is 5.74. The van der Waals surface area contributed by atoms with Crippen molar-refractivity contribution in [3.8, 4) is 0 Å². The molecule has 0 radical (unpaired) electrons. The monoisotopic (exact) mass is 186 g/mol. The minimum absolute atomic E-state index is 0. The highest BCUT2D eigenvalue weighted by Gasteiger charge is 2.15. The number of nitrogens with two attached hydrogens (primary N) is 1. The minimum atomic E-state index is 0. The molecule has 0 aromatic rings. The molecule has 64 valence electrons. The Morgan fingerprint density at radius 1 is 1.40 bits per heavy atom. The third kappa shape index (κ3) is 3.62. The fraction of sp³-hybridized carbons (Fsp3) is 1.00. The second kappa shape index (κ2) is 6.23. The molecule has 2 atom stereocenters. The molecule has 10 heavy (non-hydrogen) atoms. The first-order valence-electron chi connectivity index (χ1n) is 3.27. The first-order chi connectivity index (χ1) is 3.80. The van der Waals surface area contributed by atoms with Crippen LogP contribution in [0, 0.1) is 5.92 Å². The molecule has 1 aliphatic heterocycles. The molecular formula is C6H16Cl2N2. The molecule has 0 spiro atoms. The van der Waals surface area contributed by atoms with Gasteiger partial charge in [0.15, 0.2) is 0 Å². The van der Waals surface area contributed by atoms with Gasteiger partial charge < -0.3 is 11.1 Å². The van der Waals surface area contributed by atoms with E-state index in [1.165, 1.54) is 0 Å². The van der Waals surface area contributed by atoms with Crippen molar-refractivity contribution in [3.05, 3.63) is 0 Å². The number of rotatable bonds is 0. The quantitative estimate of drug-likeness (QED) is 0.588. The maximum Gasteiger partial charge on any atom is 0.00887 e. The van der Waals surface area contributed by atoms with Crippen LogP contribution in [0.4, 0.5) is 0 Å². The van der Waals surface area contributed by atoms with Gasteiger partial charge in [-0.2, -0.15) is 0 Å². The molecule has 3 N–H and O–H groups in total. The summed E-state index contributed by atoms with van der Waals surface area (Å²) in [5.74, 6) is 0.670. The van der Waals surface area contributed by atoms with Crippen molar-refractivity contribution < 1.29 is 0 Å². The van der Waals surface area contributed by atoms with Crippen LogP contribution in [0.2, 0.25) is 0 Å². The van der Waals surface area contributed by atoms with Crippen LogP contribution in [0.15, 0.2) is 0 Å². The summed E-state index contributed by atoms with van der Waals surface area (Å²) in [4.78, 5) is 0. The Bertz CT molecular complexity index is 70.1. The molecule has 1 aliphatic rings. The van der Waals surface area contributed by atoms with Crippen molar-refractivity contribution in [2.75, 3.05) is 13.1 Å². The normalized spacial score (nSPS) is 31.8. The predicted molar refractivity (Wildman–Crippen MR) is 49.1 cm³/mol. The number of halogens is 2. The molecule has 0 aromatic carbocycles. The van der Waals surface area contributed by atoms with E-state index in [1.807, 2.05) is 0 Å². The zero-order valence-corrected chi connectivity index (χ0v) is 7.80. The molecule has 0 aliphatic carbocycles. The third-order valence-electron chi connectivity index (χ3n) is 1.85. The lowest BCUT2D eigenvalue weighted by Gasteiger charge is -2.25. The maximum absolute atomic E-state index is 5.74. The summed E-state index contributed by atoms with van der Waals surface area (Å²) in [6.45, 7) is 4.39. The Morgan fingerprint density at radius 3 is 2.30 bits per heavy atom. The van der Waals surface area contributed by atoms with Gasteiger partial charge in [0.1, 0.15) is 0 Å². The summed E-state index contributed by atoms with van der Waals surface area (Å²) >= 11 is 0. The van der Waals surface area contributed by atoms with Crippen LogP contribution in [0.25, 0.3) is 0 Å². The topological polar surface area (TPSA) is 38.0 Å². The van der Waals surface area contributed by atoms with Gasteiger partial charge in [-0.3, -0.25) is 0 Å². The van der Waals surface area contributed by atoms with Crippen molar-refractivity contribution in [1.29, 1.82) is 0 Å². The first kappa shape index (κ1) is 13.1. The van der Waals surface area contributed by atoms with Gasteiger partial charge >= 0.3 is 0 Å². The van der Waals surface area contributed by atoms with Crippen molar-refractivity contribution in [2.45, 2.75) is 19.4 Å². The maximum atomic E-state index is 5.74. The van der Waals surface area contributed by atoms with Gasteiger partial charge in [-0.05, 0) is 25.4 Å². The Labute approximate surface area is 74.8 Å². The van der Waals surface area contributed by atoms with E-state index in [9.17, 15) is 0 Å². The molecule has 2 nitrogen and oxygen atoms in total. The van der Waals surface area contributed by atoms with Gasteiger partial charge in [0, 0.05) is 6.04 Å². The third-order valence-corrected chi connectivity index (χ3v) is 1.85. The summed E-state index contributed by atoms with van der Waals surface area (Å²) in [7, 11) is 0. The van der Waals surface area contributed by atoms with Gasteiger partial charge in [0.25, 0.3) is 0 Å². The van der Waals surface area contributed by atoms with Crippen molar-refractivity contribution in [1.82, 2.24) is 5.32 Å². The highest BCUT2D eigenvalue weighted by molar-refractivity contribution is 5.85. The molecule has 0 aromatic heterocycles. The fourth-order valence-electron chi connectivity index (χ4n) is 1.03. The van der Waals surface area contributed by atoms with E-state index in [0.717, 1.165) is 19.5 Å². The minimum Gasteiger partial charge on any atom is -0.327 e. The van der Waals surface area contributed by atoms with Crippen LogP contribution in [0.5, 0.6) is 0 Å². The molecule has 1 rings (SSSR count). The average molecular weight is 187 g/mol. The van der Waals surface area contributed by atoms with Gasteiger partial charge in [-0.25, -0.2) is 0 Å². The van der Waals surface area contributed by atoms with Crippen molar-refractivity contribution >= 4 is 24.8 Å². The Balaban J connectivity index is 0. The van der Waals surface area contributed by atoms with Crippen LogP contribution in [0.1, 0.15) is 13.3 Å². The first-order valence-corrected chi connectivity index (χ1v) is 3.27. The standard InChI is InChI=1S/C6H14N2.2ClH/c1-5-4-8-3-2-6(5)7;;/h5-6,8H,2-4,7H2,1H3;2*1H/t5-,6-;;/m0../s1. The van der Waals surface area contributed by atoms with Crippen LogP contribution < -0.4 is 11.1 Å². The lowest BCUT2D eigenvalue weighted by Crippen LogP contribution is -2.43. The highest BCUT2D eigenvalue weighted by atomic mass is 35.5. The second-order valence-electron chi connectivity index (χ2n) is 2.63. The van der Waals surface area contributed by atoms with Crippen LogP contribution in [-0.2, 0) is 0 Å². The van der Waals surface area contributed by atoms with E-state index in [4.69, 9.17) is 5.73 Å². The predicted octanol–water partition coefficient (Wildman–Crippen LogP) is 0.787. The van der Waals surface area contributed by atoms with Crippen LogP contribution >= 0.6 is 24.8 Å². The number of piperidine rings is 1. The number of hydrogen-bond donors (Lipinski definition) is 2. The lowest BCUT2D eigenvalue weighted by molar-refractivity contribution is 0.349. The van der Waals surface area contributed by atoms with E-state index < -0.39 is 0 Å². The fourth-order valence-corrected chi connectivity index (χ4v) is 1.03.